The number of benzene rings is 3. The van der Waals surface area contributed by atoms with E-state index in [1.54, 1.807) is 12.1 Å². The quantitative estimate of drug-likeness (QED) is 0.240. The Kier molecular flexibility index (Phi) is 10.2. The zero-order valence-corrected chi connectivity index (χ0v) is 24.6. The van der Waals surface area contributed by atoms with Gasteiger partial charge in [0.15, 0.2) is 0 Å². The number of aryl methyl sites for hydroxylation is 2. The highest BCUT2D eigenvalue weighted by Gasteiger charge is 2.31. The third kappa shape index (κ3) is 6.80. The molecule has 0 bridgehead atoms. The van der Waals surface area contributed by atoms with E-state index in [0.29, 0.717) is 25.0 Å². The molecular formula is C35H44O4. The van der Waals surface area contributed by atoms with Crippen LogP contribution in [0.25, 0.3) is 6.08 Å². The van der Waals surface area contributed by atoms with Crippen LogP contribution in [-0.4, -0.2) is 23.8 Å². The third-order valence-corrected chi connectivity index (χ3v) is 8.32. The lowest BCUT2D eigenvalue weighted by Gasteiger charge is -2.34. The smallest absolute Gasteiger partial charge is 0.337 e. The molecule has 4 nitrogen and oxygen atoms in total. The molecule has 0 saturated carbocycles. The SMILES string of the molecule is CCC(O)(C=Cc1ccc(C(CC)(CC)c2ccc(OCc3ccc(C(=O)OC)cc3)c(C)c2)cc1C)CC. The second-order valence-corrected chi connectivity index (χ2v) is 10.5. The van der Waals surface area contributed by atoms with Crippen LogP contribution in [0.3, 0.4) is 0 Å². The molecule has 0 amide bonds. The molecular weight excluding hydrogens is 484 g/mol. The Morgan fingerprint density at radius 3 is 1.92 bits per heavy atom. The fourth-order valence-electron chi connectivity index (χ4n) is 5.25. The Balaban J connectivity index is 1.84. The van der Waals surface area contributed by atoms with Gasteiger partial charge < -0.3 is 14.6 Å². The summed E-state index contributed by atoms with van der Waals surface area (Å²) < 4.78 is 10.9. The lowest BCUT2D eigenvalue weighted by atomic mass is 9.70. The van der Waals surface area contributed by atoms with E-state index in [-0.39, 0.29) is 11.4 Å². The van der Waals surface area contributed by atoms with Crippen molar-refractivity contribution in [2.45, 2.75) is 84.8 Å². The Labute approximate surface area is 234 Å². The van der Waals surface area contributed by atoms with Gasteiger partial charge in [-0.15, -0.1) is 0 Å². The molecule has 0 atom stereocenters. The van der Waals surface area contributed by atoms with Crippen LogP contribution in [-0.2, 0) is 16.8 Å². The standard InChI is InChI=1S/C35H44O4/c1-8-34(37,9-2)21-20-28-16-17-30(22-25(28)5)35(10-3,11-4)31-18-19-32(26(6)23-31)39-24-27-12-14-29(15-13-27)33(36)38-7/h12-23,37H,8-11,24H2,1-7H3. The lowest BCUT2D eigenvalue weighted by Crippen LogP contribution is -2.26. The molecule has 0 aliphatic carbocycles. The van der Waals surface area contributed by atoms with E-state index < -0.39 is 5.60 Å². The predicted octanol–water partition coefficient (Wildman–Crippen LogP) is 8.34. The summed E-state index contributed by atoms with van der Waals surface area (Å²) in [6, 6.07) is 20.6. The van der Waals surface area contributed by atoms with Crippen LogP contribution >= 0.6 is 0 Å². The summed E-state index contributed by atoms with van der Waals surface area (Å²) in [6.07, 6.45) is 7.37. The van der Waals surface area contributed by atoms with Gasteiger partial charge in [-0.3, -0.25) is 0 Å². The molecule has 0 aromatic heterocycles. The van der Waals surface area contributed by atoms with Gasteiger partial charge in [0.2, 0.25) is 0 Å². The monoisotopic (exact) mass is 528 g/mol. The van der Waals surface area contributed by atoms with E-state index >= 15 is 0 Å². The number of methoxy groups -OCH3 is 1. The van der Waals surface area contributed by atoms with Crippen molar-refractivity contribution in [2.24, 2.45) is 0 Å². The van der Waals surface area contributed by atoms with E-state index in [9.17, 15) is 9.90 Å². The molecule has 0 heterocycles. The Morgan fingerprint density at radius 1 is 0.821 bits per heavy atom. The van der Waals surface area contributed by atoms with Crippen LogP contribution in [0.15, 0.2) is 66.7 Å². The molecule has 3 aromatic rings. The summed E-state index contributed by atoms with van der Waals surface area (Å²) in [4.78, 5) is 11.7. The molecule has 0 fully saturated rings. The first-order valence-corrected chi connectivity index (χ1v) is 14.1. The largest absolute Gasteiger partial charge is 0.489 e. The van der Waals surface area contributed by atoms with E-state index in [0.717, 1.165) is 35.3 Å². The van der Waals surface area contributed by atoms with Gasteiger partial charge in [-0.1, -0.05) is 82.3 Å². The number of esters is 1. The summed E-state index contributed by atoms with van der Waals surface area (Å²) in [6.45, 7) is 13.2. The second kappa shape index (κ2) is 13.1. The number of ether oxygens (including phenoxy) is 2. The molecule has 0 aliphatic heterocycles. The highest BCUT2D eigenvalue weighted by atomic mass is 16.5. The van der Waals surface area contributed by atoms with Gasteiger partial charge in [0, 0.05) is 5.41 Å². The van der Waals surface area contributed by atoms with Crippen molar-refractivity contribution in [3.63, 3.8) is 0 Å². The minimum absolute atomic E-state index is 0.104. The van der Waals surface area contributed by atoms with Gasteiger partial charge in [0.1, 0.15) is 12.4 Å². The normalized spacial score (nSPS) is 12.1. The van der Waals surface area contributed by atoms with Crippen molar-refractivity contribution < 1.29 is 19.4 Å². The van der Waals surface area contributed by atoms with Crippen molar-refractivity contribution >= 4 is 12.0 Å². The molecule has 0 aliphatic rings. The average Bonchev–Trinajstić information content (AvgIpc) is 2.97. The maximum absolute atomic E-state index is 11.7. The van der Waals surface area contributed by atoms with Crippen LogP contribution in [0.4, 0.5) is 0 Å². The molecule has 0 radical (unpaired) electrons. The van der Waals surface area contributed by atoms with Gasteiger partial charge in [-0.05, 0) is 91.1 Å². The summed E-state index contributed by atoms with van der Waals surface area (Å²) in [5.41, 5.74) is 6.70. The van der Waals surface area contributed by atoms with Gasteiger partial charge in [0.05, 0.1) is 18.3 Å². The van der Waals surface area contributed by atoms with Crippen molar-refractivity contribution in [1.29, 1.82) is 0 Å². The number of carbonyl (C=O) groups is 1. The van der Waals surface area contributed by atoms with E-state index in [4.69, 9.17) is 9.47 Å². The maximum atomic E-state index is 11.7. The van der Waals surface area contributed by atoms with Crippen molar-refractivity contribution in [2.75, 3.05) is 7.11 Å². The molecule has 3 aromatic carbocycles. The average molecular weight is 529 g/mol. The van der Waals surface area contributed by atoms with Crippen LogP contribution in [0, 0.1) is 13.8 Å². The van der Waals surface area contributed by atoms with Crippen LogP contribution < -0.4 is 4.74 Å². The van der Waals surface area contributed by atoms with Gasteiger partial charge in [-0.25, -0.2) is 4.79 Å². The van der Waals surface area contributed by atoms with E-state index in [2.05, 4.69) is 70.2 Å². The second-order valence-electron chi connectivity index (χ2n) is 10.5. The van der Waals surface area contributed by atoms with Crippen LogP contribution in [0.5, 0.6) is 5.75 Å². The lowest BCUT2D eigenvalue weighted by molar-refractivity contribution is 0.0600. The van der Waals surface area contributed by atoms with Gasteiger partial charge >= 0.3 is 5.97 Å². The molecule has 1 N–H and O–H groups in total. The van der Waals surface area contributed by atoms with Gasteiger partial charge in [-0.2, -0.15) is 0 Å². The first-order valence-electron chi connectivity index (χ1n) is 14.1. The highest BCUT2D eigenvalue weighted by Crippen LogP contribution is 2.41. The first-order chi connectivity index (χ1) is 18.6. The molecule has 208 valence electrons. The first kappa shape index (κ1) is 30.2. The minimum Gasteiger partial charge on any atom is -0.489 e. The Bertz CT molecular complexity index is 1280. The van der Waals surface area contributed by atoms with Crippen LogP contribution in [0.1, 0.15) is 97.1 Å². The fourth-order valence-corrected chi connectivity index (χ4v) is 5.25. The molecule has 0 unspecified atom stereocenters. The predicted molar refractivity (Wildman–Crippen MR) is 160 cm³/mol. The maximum Gasteiger partial charge on any atom is 0.337 e. The number of carbonyl (C=O) groups excluding carboxylic acids is 1. The Morgan fingerprint density at radius 2 is 1.41 bits per heavy atom. The third-order valence-electron chi connectivity index (χ3n) is 8.32. The van der Waals surface area contributed by atoms with Crippen molar-refractivity contribution in [3.8, 4) is 5.75 Å². The number of hydrogen-bond acceptors (Lipinski definition) is 4. The van der Waals surface area contributed by atoms with Crippen LogP contribution in [0.2, 0.25) is 0 Å². The zero-order valence-electron chi connectivity index (χ0n) is 24.6. The Hall–Kier alpha value is -3.37. The molecule has 0 saturated heterocycles. The number of rotatable bonds is 12. The zero-order chi connectivity index (χ0) is 28.6. The molecule has 0 spiro atoms. The molecule has 3 rings (SSSR count). The van der Waals surface area contributed by atoms with E-state index in [1.165, 1.54) is 23.8 Å². The summed E-state index contributed by atoms with van der Waals surface area (Å²) >= 11 is 0. The molecule has 39 heavy (non-hydrogen) atoms. The van der Waals surface area contributed by atoms with Crippen molar-refractivity contribution in [1.82, 2.24) is 0 Å². The van der Waals surface area contributed by atoms with Gasteiger partial charge in [0.25, 0.3) is 0 Å². The summed E-state index contributed by atoms with van der Waals surface area (Å²) in [5.74, 6) is 0.513. The number of aliphatic hydroxyl groups is 1. The fraction of sp³-hybridized carbons (Fsp3) is 0.400. The number of hydrogen-bond donors (Lipinski definition) is 1. The van der Waals surface area contributed by atoms with Crippen molar-refractivity contribution in [3.05, 3.63) is 106 Å². The van der Waals surface area contributed by atoms with E-state index in [1.807, 2.05) is 32.1 Å². The highest BCUT2D eigenvalue weighted by molar-refractivity contribution is 5.89. The molecule has 4 heteroatoms. The minimum atomic E-state index is -0.754. The summed E-state index contributed by atoms with van der Waals surface area (Å²) in [7, 11) is 1.38. The topological polar surface area (TPSA) is 55.8 Å². The summed E-state index contributed by atoms with van der Waals surface area (Å²) in [5, 5.41) is 10.7.